The highest BCUT2D eigenvalue weighted by molar-refractivity contribution is 7.19. The molecule has 0 aromatic carbocycles. The van der Waals surface area contributed by atoms with Crippen molar-refractivity contribution in [2.75, 3.05) is 6.23 Å². The topological polar surface area (TPSA) is 35.0 Å². The van der Waals surface area contributed by atoms with E-state index in [4.69, 9.17) is 15.8 Å². The summed E-state index contributed by atoms with van der Waals surface area (Å²) in [7, 11) is -1.67. The van der Waals surface area contributed by atoms with Crippen LogP contribution in [0.2, 0.25) is 13.1 Å². The Kier molecular flexibility index (Phi) is 3.05. The molecule has 0 aliphatic heterocycles. The molecule has 0 aliphatic carbocycles. The van der Waals surface area contributed by atoms with Crippen molar-refractivity contribution in [1.29, 1.82) is 0 Å². The van der Waals surface area contributed by atoms with Gasteiger partial charge in [-0.1, -0.05) is 13.1 Å². The van der Waals surface area contributed by atoms with Crippen LogP contribution in [-0.2, 0) is 0 Å². The molecule has 1 rings (SSSR count). The SMILES string of the molecule is C[Si](C)(Cl)COc1ncccn1. The average molecular weight is 203 g/mol. The molecule has 0 radical (unpaired) electrons. The van der Waals surface area contributed by atoms with E-state index in [1.54, 1.807) is 18.5 Å². The maximum atomic E-state index is 6.04. The largest absolute Gasteiger partial charge is 0.466 e. The molecule has 0 amide bonds. The fourth-order valence-electron chi connectivity index (χ4n) is 0.596. The van der Waals surface area contributed by atoms with Gasteiger partial charge >= 0.3 is 6.01 Å². The van der Waals surface area contributed by atoms with Crippen molar-refractivity contribution in [1.82, 2.24) is 9.97 Å². The zero-order chi connectivity index (χ0) is 9.03. The molecule has 0 fully saturated rings. The van der Waals surface area contributed by atoms with Crippen LogP contribution in [0.4, 0.5) is 0 Å². The van der Waals surface area contributed by atoms with E-state index >= 15 is 0 Å². The van der Waals surface area contributed by atoms with E-state index in [1.165, 1.54) is 0 Å². The molecule has 1 heterocycles. The molecule has 1 aromatic heterocycles. The Hall–Kier alpha value is -0.613. The summed E-state index contributed by atoms with van der Waals surface area (Å²) >= 11 is 6.04. The summed E-state index contributed by atoms with van der Waals surface area (Å²) in [6, 6.07) is 2.15. The zero-order valence-corrected chi connectivity index (χ0v) is 8.88. The molecular formula is C7H11ClN2OSi. The molecule has 0 N–H and O–H groups in total. The molecule has 5 heteroatoms. The van der Waals surface area contributed by atoms with Crippen molar-refractivity contribution in [2.45, 2.75) is 13.1 Å². The Morgan fingerprint density at radius 1 is 1.42 bits per heavy atom. The van der Waals surface area contributed by atoms with Gasteiger partial charge in [-0.3, -0.25) is 0 Å². The minimum absolute atomic E-state index is 0.402. The van der Waals surface area contributed by atoms with Crippen LogP contribution in [0.15, 0.2) is 18.5 Å². The number of aromatic nitrogens is 2. The zero-order valence-electron chi connectivity index (χ0n) is 7.12. The van der Waals surface area contributed by atoms with Crippen LogP contribution < -0.4 is 4.74 Å². The highest BCUT2D eigenvalue weighted by atomic mass is 35.6. The molecule has 0 atom stereocenters. The molecule has 3 nitrogen and oxygen atoms in total. The Balaban J connectivity index is 2.44. The van der Waals surface area contributed by atoms with Crippen LogP contribution in [0, 0.1) is 0 Å². The third kappa shape index (κ3) is 3.68. The summed E-state index contributed by atoms with van der Waals surface area (Å²) in [6.45, 7) is 4.02. The van der Waals surface area contributed by atoms with E-state index in [-0.39, 0.29) is 0 Å². The smallest absolute Gasteiger partial charge is 0.315 e. The van der Waals surface area contributed by atoms with Crippen molar-refractivity contribution in [3.05, 3.63) is 18.5 Å². The van der Waals surface area contributed by atoms with Crippen LogP contribution in [0.1, 0.15) is 0 Å². The maximum absolute atomic E-state index is 6.04. The second-order valence-electron chi connectivity index (χ2n) is 3.04. The van der Waals surface area contributed by atoms with Gasteiger partial charge in [-0.2, -0.15) is 11.1 Å². The minimum atomic E-state index is -1.67. The van der Waals surface area contributed by atoms with Crippen molar-refractivity contribution in [3.8, 4) is 6.01 Å². The van der Waals surface area contributed by atoms with Gasteiger partial charge in [0, 0.05) is 12.4 Å². The van der Waals surface area contributed by atoms with E-state index in [1.807, 2.05) is 13.1 Å². The standard InChI is InChI=1S/C7H11ClN2OSi/c1-12(2,8)6-11-7-9-4-3-5-10-7/h3-5H,6H2,1-2H3. The van der Waals surface area contributed by atoms with Gasteiger partial charge in [0.1, 0.15) is 0 Å². The highest BCUT2D eigenvalue weighted by Crippen LogP contribution is 2.09. The molecule has 0 saturated carbocycles. The highest BCUT2D eigenvalue weighted by Gasteiger charge is 2.18. The van der Waals surface area contributed by atoms with Gasteiger partial charge in [-0.15, -0.1) is 0 Å². The average Bonchev–Trinajstić information content (AvgIpc) is 2.02. The van der Waals surface area contributed by atoms with Crippen LogP contribution in [0.5, 0.6) is 6.01 Å². The van der Waals surface area contributed by atoms with Gasteiger partial charge in [-0.05, 0) is 6.07 Å². The summed E-state index contributed by atoms with van der Waals surface area (Å²) in [5, 5.41) is 0. The Morgan fingerprint density at radius 2 is 2.00 bits per heavy atom. The summed E-state index contributed by atoms with van der Waals surface area (Å²) in [6.07, 6.45) is 3.83. The number of nitrogens with zero attached hydrogens (tertiary/aromatic N) is 2. The third-order valence-corrected chi connectivity index (χ3v) is 2.24. The number of halogens is 1. The molecule has 66 valence electrons. The number of hydrogen-bond donors (Lipinski definition) is 0. The van der Waals surface area contributed by atoms with E-state index < -0.39 is 7.38 Å². The van der Waals surface area contributed by atoms with Crippen molar-refractivity contribution >= 4 is 18.5 Å². The first-order valence-corrected chi connectivity index (χ1v) is 7.88. The molecule has 0 unspecified atom stereocenters. The first-order valence-electron chi connectivity index (χ1n) is 3.67. The lowest BCUT2D eigenvalue weighted by Gasteiger charge is -2.12. The first-order chi connectivity index (χ1) is 5.58. The monoisotopic (exact) mass is 202 g/mol. The number of hydrogen-bond acceptors (Lipinski definition) is 3. The van der Waals surface area contributed by atoms with Crippen molar-refractivity contribution in [2.24, 2.45) is 0 Å². The second kappa shape index (κ2) is 3.87. The summed E-state index contributed by atoms with van der Waals surface area (Å²) in [4.78, 5) is 7.82. The van der Waals surface area contributed by atoms with Gasteiger partial charge in [0.2, 0.25) is 0 Å². The molecule has 0 bridgehead atoms. The van der Waals surface area contributed by atoms with Gasteiger partial charge in [0.05, 0.1) is 6.23 Å². The molecular weight excluding hydrogens is 192 g/mol. The fraction of sp³-hybridized carbons (Fsp3) is 0.429. The molecule has 0 aliphatic rings. The molecule has 0 spiro atoms. The van der Waals surface area contributed by atoms with E-state index in [0.29, 0.717) is 12.2 Å². The summed E-state index contributed by atoms with van der Waals surface area (Å²) < 4.78 is 5.28. The lowest BCUT2D eigenvalue weighted by molar-refractivity contribution is 0.348. The Bertz CT molecular complexity index is 237. The van der Waals surface area contributed by atoms with Gasteiger partial charge < -0.3 is 4.74 Å². The van der Waals surface area contributed by atoms with Crippen LogP contribution in [0.3, 0.4) is 0 Å². The van der Waals surface area contributed by atoms with Crippen LogP contribution >= 0.6 is 11.1 Å². The van der Waals surface area contributed by atoms with E-state index in [2.05, 4.69) is 9.97 Å². The van der Waals surface area contributed by atoms with Gasteiger partial charge in [0.25, 0.3) is 0 Å². The predicted octanol–water partition coefficient (Wildman–Crippen LogP) is 1.84. The van der Waals surface area contributed by atoms with E-state index in [9.17, 15) is 0 Å². The van der Waals surface area contributed by atoms with Gasteiger partial charge in [-0.25, -0.2) is 9.97 Å². The maximum Gasteiger partial charge on any atom is 0.315 e. The number of rotatable bonds is 3. The predicted molar refractivity (Wildman–Crippen MR) is 50.9 cm³/mol. The van der Waals surface area contributed by atoms with Gasteiger partial charge in [0.15, 0.2) is 7.38 Å². The molecule has 0 saturated heterocycles. The normalized spacial score (nSPS) is 11.2. The second-order valence-corrected chi connectivity index (χ2v) is 9.83. The Morgan fingerprint density at radius 3 is 2.50 bits per heavy atom. The van der Waals surface area contributed by atoms with E-state index in [0.717, 1.165) is 0 Å². The van der Waals surface area contributed by atoms with Crippen LogP contribution in [0.25, 0.3) is 0 Å². The lowest BCUT2D eigenvalue weighted by Crippen LogP contribution is -2.27. The van der Waals surface area contributed by atoms with Crippen molar-refractivity contribution < 1.29 is 4.74 Å². The lowest BCUT2D eigenvalue weighted by atomic mass is 10.7. The van der Waals surface area contributed by atoms with Crippen LogP contribution in [-0.4, -0.2) is 23.6 Å². The summed E-state index contributed by atoms with van der Waals surface area (Å²) in [5.74, 6) is 0. The first kappa shape index (κ1) is 9.47. The third-order valence-electron chi connectivity index (χ3n) is 1.09. The number of ether oxygens (including phenoxy) is 1. The quantitative estimate of drug-likeness (QED) is 0.554. The summed E-state index contributed by atoms with van der Waals surface area (Å²) in [5.41, 5.74) is 0. The molecule has 12 heavy (non-hydrogen) atoms. The Labute approximate surface area is 77.5 Å². The minimum Gasteiger partial charge on any atom is -0.466 e. The van der Waals surface area contributed by atoms with Crippen molar-refractivity contribution in [3.63, 3.8) is 0 Å². The fourth-order valence-corrected chi connectivity index (χ4v) is 1.23. The molecule has 1 aromatic rings.